The smallest absolute Gasteiger partial charge is 0.150 e. The summed E-state index contributed by atoms with van der Waals surface area (Å²) < 4.78 is 17.8. The van der Waals surface area contributed by atoms with Gasteiger partial charge in [-0.3, -0.25) is 4.79 Å². The van der Waals surface area contributed by atoms with Gasteiger partial charge in [0.05, 0.1) is 6.26 Å². The van der Waals surface area contributed by atoms with Crippen LogP contribution in [-0.4, -0.2) is 6.29 Å². The van der Waals surface area contributed by atoms with Gasteiger partial charge in [0.1, 0.15) is 11.6 Å². The standard InChI is InChI=1S/C13H9FO2/c14-12-5-3-10(4-6-12)11(9-15)8-13-2-1-7-16-13/h1-9H/b11-8+. The van der Waals surface area contributed by atoms with Crippen LogP contribution < -0.4 is 0 Å². The minimum atomic E-state index is -0.327. The molecule has 1 heterocycles. The summed E-state index contributed by atoms with van der Waals surface area (Å²) >= 11 is 0. The van der Waals surface area contributed by atoms with E-state index in [0.29, 0.717) is 16.9 Å². The van der Waals surface area contributed by atoms with Crippen LogP contribution in [0.25, 0.3) is 11.6 Å². The molecule has 2 aromatic rings. The second-order valence-electron chi connectivity index (χ2n) is 3.24. The van der Waals surface area contributed by atoms with Gasteiger partial charge in [0.2, 0.25) is 0 Å². The number of carbonyl (C=O) groups is 1. The Morgan fingerprint density at radius 1 is 1.19 bits per heavy atom. The second-order valence-corrected chi connectivity index (χ2v) is 3.24. The number of furan rings is 1. The van der Waals surface area contributed by atoms with Crippen molar-refractivity contribution in [3.8, 4) is 0 Å². The highest BCUT2D eigenvalue weighted by atomic mass is 19.1. The molecule has 0 aliphatic rings. The van der Waals surface area contributed by atoms with Gasteiger partial charge in [0, 0.05) is 5.57 Å². The molecule has 16 heavy (non-hydrogen) atoms. The molecule has 1 aromatic heterocycles. The molecule has 0 N–H and O–H groups in total. The molecule has 1 aromatic carbocycles. The summed E-state index contributed by atoms with van der Waals surface area (Å²) in [5.74, 6) is 0.262. The summed E-state index contributed by atoms with van der Waals surface area (Å²) in [5.41, 5.74) is 1.11. The molecule has 0 bridgehead atoms. The summed E-state index contributed by atoms with van der Waals surface area (Å²) in [6, 6.07) is 9.21. The lowest BCUT2D eigenvalue weighted by atomic mass is 10.1. The highest BCUT2D eigenvalue weighted by Gasteiger charge is 2.02. The molecule has 0 saturated carbocycles. The van der Waals surface area contributed by atoms with E-state index in [0.717, 1.165) is 6.29 Å². The molecule has 2 rings (SSSR count). The number of aldehydes is 1. The number of hydrogen-bond donors (Lipinski definition) is 0. The van der Waals surface area contributed by atoms with Gasteiger partial charge in [0.25, 0.3) is 0 Å². The second kappa shape index (κ2) is 4.57. The third-order valence-corrected chi connectivity index (χ3v) is 2.15. The zero-order valence-electron chi connectivity index (χ0n) is 8.39. The Hall–Kier alpha value is -2.16. The van der Waals surface area contributed by atoms with Crippen LogP contribution in [0.4, 0.5) is 4.39 Å². The van der Waals surface area contributed by atoms with Gasteiger partial charge in [-0.1, -0.05) is 12.1 Å². The third kappa shape index (κ3) is 2.25. The van der Waals surface area contributed by atoms with Crippen LogP contribution in [0.5, 0.6) is 0 Å². The lowest BCUT2D eigenvalue weighted by molar-refractivity contribution is -0.103. The van der Waals surface area contributed by atoms with E-state index in [4.69, 9.17) is 4.42 Å². The first kappa shape index (κ1) is 10.4. The number of benzene rings is 1. The Balaban J connectivity index is 2.36. The molecule has 0 amide bonds. The summed E-state index contributed by atoms with van der Waals surface area (Å²) in [7, 11) is 0. The molecule has 0 aliphatic heterocycles. The number of allylic oxidation sites excluding steroid dienone is 1. The van der Waals surface area contributed by atoms with Gasteiger partial charge >= 0.3 is 0 Å². The number of hydrogen-bond acceptors (Lipinski definition) is 2. The fourth-order valence-corrected chi connectivity index (χ4v) is 1.35. The van der Waals surface area contributed by atoms with E-state index in [2.05, 4.69) is 0 Å². The molecule has 0 radical (unpaired) electrons. The number of carbonyl (C=O) groups excluding carboxylic acids is 1. The molecule has 3 heteroatoms. The van der Waals surface area contributed by atoms with Gasteiger partial charge < -0.3 is 4.42 Å². The van der Waals surface area contributed by atoms with Crippen LogP contribution in [-0.2, 0) is 4.79 Å². The zero-order valence-corrected chi connectivity index (χ0v) is 8.39. The van der Waals surface area contributed by atoms with Gasteiger partial charge in [-0.15, -0.1) is 0 Å². The predicted molar refractivity (Wildman–Crippen MR) is 59.0 cm³/mol. The van der Waals surface area contributed by atoms with E-state index in [9.17, 15) is 9.18 Å². The van der Waals surface area contributed by atoms with Crippen molar-refractivity contribution in [2.45, 2.75) is 0 Å². The van der Waals surface area contributed by atoms with E-state index in [1.165, 1.54) is 18.4 Å². The largest absolute Gasteiger partial charge is 0.465 e. The average molecular weight is 216 g/mol. The maximum atomic E-state index is 12.7. The van der Waals surface area contributed by atoms with Crippen molar-refractivity contribution >= 4 is 17.9 Å². The molecule has 0 aliphatic carbocycles. The average Bonchev–Trinajstić information content (AvgIpc) is 2.80. The van der Waals surface area contributed by atoms with E-state index < -0.39 is 0 Å². The SMILES string of the molecule is O=C/C(=C\c1ccco1)c1ccc(F)cc1. The van der Waals surface area contributed by atoms with Crippen LogP contribution in [0.15, 0.2) is 47.1 Å². The molecule has 0 spiro atoms. The first-order valence-electron chi connectivity index (χ1n) is 4.76. The Morgan fingerprint density at radius 2 is 1.94 bits per heavy atom. The zero-order chi connectivity index (χ0) is 11.4. The lowest BCUT2D eigenvalue weighted by Gasteiger charge is -1.99. The Kier molecular flexibility index (Phi) is 2.96. The minimum absolute atomic E-state index is 0.327. The van der Waals surface area contributed by atoms with E-state index in [1.807, 2.05) is 0 Å². The summed E-state index contributed by atoms with van der Waals surface area (Å²) in [6.45, 7) is 0. The highest BCUT2D eigenvalue weighted by Crippen LogP contribution is 2.16. The topological polar surface area (TPSA) is 30.2 Å². The normalized spacial score (nSPS) is 11.4. The van der Waals surface area contributed by atoms with Crippen LogP contribution in [0.3, 0.4) is 0 Å². The lowest BCUT2D eigenvalue weighted by Crippen LogP contribution is -1.86. The summed E-state index contributed by atoms with van der Waals surface area (Å²) in [6.07, 6.45) is 3.86. The maximum Gasteiger partial charge on any atom is 0.150 e. The van der Waals surface area contributed by atoms with E-state index in [-0.39, 0.29) is 5.82 Å². The molecule has 80 valence electrons. The van der Waals surface area contributed by atoms with Crippen molar-refractivity contribution in [3.63, 3.8) is 0 Å². The quantitative estimate of drug-likeness (QED) is 0.582. The minimum Gasteiger partial charge on any atom is -0.465 e. The van der Waals surface area contributed by atoms with Crippen molar-refractivity contribution in [1.29, 1.82) is 0 Å². The van der Waals surface area contributed by atoms with Gasteiger partial charge in [-0.25, -0.2) is 4.39 Å². The molecular weight excluding hydrogens is 207 g/mol. The highest BCUT2D eigenvalue weighted by molar-refractivity contribution is 6.13. The monoisotopic (exact) mass is 216 g/mol. The molecule has 0 atom stereocenters. The van der Waals surface area contributed by atoms with Crippen molar-refractivity contribution in [3.05, 3.63) is 59.8 Å². The molecule has 0 saturated heterocycles. The van der Waals surface area contributed by atoms with Crippen LogP contribution in [0, 0.1) is 5.82 Å². The van der Waals surface area contributed by atoms with Gasteiger partial charge in [-0.05, 0) is 35.9 Å². The Morgan fingerprint density at radius 3 is 2.50 bits per heavy atom. The molecule has 0 unspecified atom stereocenters. The van der Waals surface area contributed by atoms with Crippen molar-refractivity contribution < 1.29 is 13.6 Å². The van der Waals surface area contributed by atoms with Crippen molar-refractivity contribution in [2.24, 2.45) is 0 Å². The van der Waals surface area contributed by atoms with Crippen molar-refractivity contribution in [2.75, 3.05) is 0 Å². The van der Waals surface area contributed by atoms with Gasteiger partial charge in [0.15, 0.2) is 6.29 Å². The van der Waals surface area contributed by atoms with E-state index in [1.54, 1.807) is 30.3 Å². The molecule has 0 fully saturated rings. The number of rotatable bonds is 3. The summed E-state index contributed by atoms with van der Waals surface area (Å²) in [5, 5.41) is 0. The van der Waals surface area contributed by atoms with E-state index >= 15 is 0 Å². The first-order valence-corrected chi connectivity index (χ1v) is 4.76. The van der Waals surface area contributed by atoms with Gasteiger partial charge in [-0.2, -0.15) is 0 Å². The first-order chi connectivity index (χ1) is 7.79. The molecular formula is C13H9FO2. The summed E-state index contributed by atoms with van der Waals surface area (Å²) in [4.78, 5) is 10.9. The number of halogens is 1. The fourth-order valence-electron chi connectivity index (χ4n) is 1.35. The predicted octanol–water partition coefficient (Wildman–Crippen LogP) is 3.16. The van der Waals surface area contributed by atoms with Crippen LogP contribution >= 0.6 is 0 Å². The van der Waals surface area contributed by atoms with Crippen LogP contribution in [0.1, 0.15) is 11.3 Å². The van der Waals surface area contributed by atoms with Crippen molar-refractivity contribution in [1.82, 2.24) is 0 Å². The van der Waals surface area contributed by atoms with Crippen LogP contribution in [0.2, 0.25) is 0 Å². The Bertz CT molecular complexity index is 495. The maximum absolute atomic E-state index is 12.7. The molecule has 2 nitrogen and oxygen atoms in total. The third-order valence-electron chi connectivity index (χ3n) is 2.15. The Labute approximate surface area is 92.0 Å². The fraction of sp³-hybridized carbons (Fsp3) is 0.